The minimum Gasteiger partial charge on any atom is -0.293 e. The number of nitrogens with one attached hydrogen (secondary N) is 2. The van der Waals surface area contributed by atoms with E-state index in [1.807, 2.05) is 18.2 Å². The van der Waals surface area contributed by atoms with E-state index in [0.717, 1.165) is 18.4 Å². The van der Waals surface area contributed by atoms with Gasteiger partial charge in [0.05, 0.1) is 4.91 Å². The van der Waals surface area contributed by atoms with E-state index in [2.05, 4.69) is 10.9 Å². The predicted octanol–water partition coefficient (Wildman–Crippen LogP) is 3.27. The quantitative estimate of drug-likeness (QED) is 0.303. The Bertz CT molecular complexity index is 766. The standard InChI is InChI=1S/C18H20ClN3O3S2/c1-12(23)20-21-16(24)5-3-2-4-10-22-17(25)15(27-18(22)26)11-13-6-8-14(19)9-7-13/h6-9,11H,2-5,10H2,1H3,(H,20,23)(H,21,24)/b15-11-. The number of thiocarbonyl (C=S) groups is 1. The number of benzene rings is 1. The molecular weight excluding hydrogens is 406 g/mol. The Kier molecular flexibility index (Phi) is 8.27. The van der Waals surface area contributed by atoms with Crippen molar-refractivity contribution in [2.75, 3.05) is 6.54 Å². The number of carbonyl (C=O) groups is 3. The summed E-state index contributed by atoms with van der Waals surface area (Å²) in [6.45, 7) is 1.85. The highest BCUT2D eigenvalue weighted by Gasteiger charge is 2.31. The Labute approximate surface area is 172 Å². The van der Waals surface area contributed by atoms with Crippen LogP contribution in [0.3, 0.4) is 0 Å². The van der Waals surface area contributed by atoms with Gasteiger partial charge in [-0.1, -0.05) is 54.1 Å². The zero-order valence-corrected chi connectivity index (χ0v) is 17.2. The normalized spacial score (nSPS) is 15.3. The van der Waals surface area contributed by atoms with Crippen molar-refractivity contribution in [2.45, 2.75) is 32.6 Å². The van der Waals surface area contributed by atoms with E-state index in [-0.39, 0.29) is 17.7 Å². The van der Waals surface area contributed by atoms with Crippen molar-refractivity contribution in [2.24, 2.45) is 0 Å². The minimum atomic E-state index is -0.315. The van der Waals surface area contributed by atoms with E-state index >= 15 is 0 Å². The molecule has 0 radical (unpaired) electrons. The molecule has 0 aliphatic carbocycles. The van der Waals surface area contributed by atoms with Gasteiger partial charge in [0, 0.05) is 24.9 Å². The Morgan fingerprint density at radius 1 is 1.19 bits per heavy atom. The van der Waals surface area contributed by atoms with Crippen LogP contribution < -0.4 is 10.9 Å². The molecule has 0 spiro atoms. The largest absolute Gasteiger partial charge is 0.293 e. The fraction of sp³-hybridized carbons (Fsp3) is 0.333. The summed E-state index contributed by atoms with van der Waals surface area (Å²) in [5, 5.41) is 0.644. The van der Waals surface area contributed by atoms with Crippen molar-refractivity contribution in [3.63, 3.8) is 0 Å². The van der Waals surface area contributed by atoms with Crippen LogP contribution in [0, 0.1) is 0 Å². The van der Waals surface area contributed by atoms with Crippen molar-refractivity contribution in [3.8, 4) is 0 Å². The molecule has 0 saturated carbocycles. The molecule has 3 amide bonds. The lowest BCUT2D eigenvalue weighted by molar-refractivity contribution is -0.127. The van der Waals surface area contributed by atoms with Crippen LogP contribution in [0.5, 0.6) is 0 Å². The number of carbonyl (C=O) groups excluding carboxylic acids is 3. The Morgan fingerprint density at radius 3 is 2.56 bits per heavy atom. The fourth-order valence-electron chi connectivity index (χ4n) is 2.36. The molecule has 0 atom stereocenters. The van der Waals surface area contributed by atoms with Crippen molar-refractivity contribution < 1.29 is 14.4 Å². The lowest BCUT2D eigenvalue weighted by Crippen LogP contribution is -2.40. The molecule has 6 nitrogen and oxygen atoms in total. The second kappa shape index (κ2) is 10.4. The molecule has 1 aliphatic rings. The van der Waals surface area contributed by atoms with E-state index in [1.165, 1.54) is 18.7 Å². The summed E-state index contributed by atoms with van der Waals surface area (Å²) < 4.78 is 0.545. The SMILES string of the molecule is CC(=O)NNC(=O)CCCCCN1C(=O)/C(=C/c2ccc(Cl)cc2)SC1=S. The minimum absolute atomic E-state index is 0.0941. The summed E-state index contributed by atoms with van der Waals surface area (Å²) in [6.07, 6.45) is 4.31. The van der Waals surface area contributed by atoms with Gasteiger partial charge >= 0.3 is 0 Å². The first-order valence-electron chi connectivity index (χ1n) is 8.43. The number of amides is 3. The molecule has 1 fully saturated rings. The molecule has 2 rings (SSSR count). The summed E-state index contributed by atoms with van der Waals surface area (Å²) in [6, 6.07) is 7.24. The third-order valence-corrected chi connectivity index (χ3v) is 5.33. The molecular formula is C18H20ClN3O3S2. The topological polar surface area (TPSA) is 78.5 Å². The molecule has 1 aromatic carbocycles. The van der Waals surface area contributed by atoms with Crippen LogP contribution in [-0.2, 0) is 14.4 Å². The monoisotopic (exact) mass is 425 g/mol. The highest BCUT2D eigenvalue weighted by atomic mass is 35.5. The van der Waals surface area contributed by atoms with Crippen molar-refractivity contribution in [1.29, 1.82) is 0 Å². The highest BCUT2D eigenvalue weighted by molar-refractivity contribution is 8.26. The average molecular weight is 426 g/mol. The third-order valence-electron chi connectivity index (χ3n) is 3.70. The zero-order valence-electron chi connectivity index (χ0n) is 14.8. The molecule has 27 heavy (non-hydrogen) atoms. The lowest BCUT2D eigenvalue weighted by atomic mass is 10.2. The maximum atomic E-state index is 12.5. The van der Waals surface area contributed by atoms with Crippen molar-refractivity contribution in [3.05, 3.63) is 39.8 Å². The van der Waals surface area contributed by atoms with Gasteiger partial charge in [-0.05, 0) is 36.6 Å². The van der Waals surface area contributed by atoms with Gasteiger partial charge in [-0.3, -0.25) is 30.1 Å². The number of hydrogen-bond acceptors (Lipinski definition) is 5. The first-order valence-corrected chi connectivity index (χ1v) is 10.0. The number of rotatable bonds is 7. The van der Waals surface area contributed by atoms with Crippen LogP contribution >= 0.6 is 35.6 Å². The maximum absolute atomic E-state index is 12.5. The van der Waals surface area contributed by atoms with E-state index in [0.29, 0.717) is 33.6 Å². The van der Waals surface area contributed by atoms with Gasteiger partial charge < -0.3 is 0 Å². The number of unbranched alkanes of at least 4 members (excludes halogenated alkanes) is 2. The van der Waals surface area contributed by atoms with Crippen molar-refractivity contribution >= 4 is 63.7 Å². The van der Waals surface area contributed by atoms with Crippen molar-refractivity contribution in [1.82, 2.24) is 15.8 Å². The van der Waals surface area contributed by atoms with E-state index in [1.54, 1.807) is 17.0 Å². The summed E-state index contributed by atoms with van der Waals surface area (Å²) in [4.78, 5) is 36.9. The molecule has 9 heteroatoms. The summed E-state index contributed by atoms with van der Waals surface area (Å²) >= 11 is 12.5. The van der Waals surface area contributed by atoms with Crippen LogP contribution in [-0.4, -0.2) is 33.5 Å². The number of nitrogens with zero attached hydrogens (tertiary/aromatic N) is 1. The Hall–Kier alpha value is -1.90. The third kappa shape index (κ3) is 6.97. The highest BCUT2D eigenvalue weighted by Crippen LogP contribution is 2.32. The molecule has 2 N–H and O–H groups in total. The van der Waals surface area contributed by atoms with Gasteiger partial charge in [-0.25, -0.2) is 0 Å². The predicted molar refractivity (Wildman–Crippen MR) is 112 cm³/mol. The maximum Gasteiger partial charge on any atom is 0.266 e. The fourth-order valence-corrected chi connectivity index (χ4v) is 3.79. The first-order chi connectivity index (χ1) is 12.9. The van der Waals surface area contributed by atoms with Crippen LogP contribution in [0.1, 0.15) is 38.2 Å². The smallest absolute Gasteiger partial charge is 0.266 e. The zero-order chi connectivity index (χ0) is 19.8. The summed E-state index contributed by atoms with van der Waals surface area (Å²) in [5.41, 5.74) is 5.46. The van der Waals surface area contributed by atoms with Crippen LogP contribution in [0.4, 0.5) is 0 Å². The Morgan fingerprint density at radius 2 is 1.89 bits per heavy atom. The van der Waals surface area contributed by atoms with Gasteiger partial charge in [0.15, 0.2) is 0 Å². The summed E-state index contributed by atoms with van der Waals surface area (Å²) in [5.74, 6) is -0.644. The van der Waals surface area contributed by atoms with Crippen LogP contribution in [0.15, 0.2) is 29.2 Å². The molecule has 0 bridgehead atoms. The number of hydrogen-bond donors (Lipinski definition) is 2. The van der Waals surface area contributed by atoms with Gasteiger partial charge in [-0.15, -0.1) is 0 Å². The molecule has 1 aromatic rings. The first kappa shape index (κ1) is 21.4. The molecule has 0 unspecified atom stereocenters. The second-order valence-corrected chi connectivity index (χ2v) is 8.04. The van der Waals surface area contributed by atoms with E-state index < -0.39 is 0 Å². The summed E-state index contributed by atoms with van der Waals surface area (Å²) in [7, 11) is 0. The molecule has 1 heterocycles. The number of thioether (sulfide) groups is 1. The van der Waals surface area contributed by atoms with E-state index in [4.69, 9.17) is 23.8 Å². The average Bonchev–Trinajstić information content (AvgIpc) is 2.88. The number of hydrazine groups is 1. The Balaban J connectivity index is 1.76. The van der Waals surface area contributed by atoms with Gasteiger partial charge in [0.1, 0.15) is 4.32 Å². The molecule has 0 aromatic heterocycles. The molecule has 144 valence electrons. The second-order valence-electron chi connectivity index (χ2n) is 5.92. The van der Waals surface area contributed by atoms with E-state index in [9.17, 15) is 14.4 Å². The van der Waals surface area contributed by atoms with Gasteiger partial charge in [0.2, 0.25) is 11.8 Å². The lowest BCUT2D eigenvalue weighted by Gasteiger charge is -2.14. The van der Waals surface area contributed by atoms with Gasteiger partial charge in [0.25, 0.3) is 5.91 Å². The molecule has 1 saturated heterocycles. The molecule has 1 aliphatic heterocycles. The number of halogens is 1. The van der Waals surface area contributed by atoms with Crippen LogP contribution in [0.25, 0.3) is 6.08 Å². The van der Waals surface area contributed by atoms with Crippen LogP contribution in [0.2, 0.25) is 5.02 Å². The van der Waals surface area contributed by atoms with Gasteiger partial charge in [-0.2, -0.15) is 0 Å².